The van der Waals surface area contributed by atoms with Crippen molar-refractivity contribution in [2.24, 2.45) is 10.8 Å². The highest BCUT2D eigenvalue weighted by Crippen LogP contribution is 2.53. The van der Waals surface area contributed by atoms with E-state index in [0.717, 1.165) is 12.8 Å². The molecule has 30 heavy (non-hydrogen) atoms. The van der Waals surface area contributed by atoms with Gasteiger partial charge in [0.1, 0.15) is 0 Å². The quantitative estimate of drug-likeness (QED) is 0.655. The van der Waals surface area contributed by atoms with Crippen molar-refractivity contribution < 1.29 is 19.2 Å². The number of nitrogens with one attached hydrogen (secondary N) is 1. The molecule has 1 fully saturated rings. The van der Waals surface area contributed by atoms with Gasteiger partial charge in [0.05, 0.1) is 6.54 Å². The highest BCUT2D eigenvalue weighted by Gasteiger charge is 2.41. The number of hydrogen-bond donors (Lipinski definition) is 1. The zero-order chi connectivity index (χ0) is 22.4. The predicted molar refractivity (Wildman–Crippen MR) is 111 cm³/mol. The molecule has 8 heteroatoms. The summed E-state index contributed by atoms with van der Waals surface area (Å²) in [6.45, 7) is 7.10. The topological polar surface area (TPSA) is 111 Å². The third-order valence-corrected chi connectivity index (χ3v) is 6.66. The van der Waals surface area contributed by atoms with Crippen LogP contribution in [0.15, 0.2) is 4.52 Å². The Balaban J connectivity index is 2.00. The van der Waals surface area contributed by atoms with E-state index in [1.165, 1.54) is 37.0 Å². The number of hydrogen-bond acceptors (Lipinski definition) is 6. The molecular formula is C22H37N4O4-. The number of carbonyl (C=O) groups is 2. The summed E-state index contributed by atoms with van der Waals surface area (Å²) < 4.78 is 5.34. The van der Waals surface area contributed by atoms with Crippen LogP contribution in [-0.4, -0.2) is 41.1 Å². The molecule has 1 aliphatic rings. The van der Waals surface area contributed by atoms with Crippen molar-refractivity contribution in [1.29, 1.82) is 0 Å². The Kier molecular flexibility index (Phi) is 8.26. The first-order valence-corrected chi connectivity index (χ1v) is 11.0. The molecule has 2 rings (SSSR count). The molecular weight excluding hydrogens is 384 g/mol. The second-order valence-electron chi connectivity index (χ2n) is 9.86. The summed E-state index contributed by atoms with van der Waals surface area (Å²) in [6.07, 6.45) is 8.81. The lowest BCUT2D eigenvalue weighted by Gasteiger charge is -2.48. The summed E-state index contributed by atoms with van der Waals surface area (Å²) in [7, 11) is 3.28. The number of carbonyl (C=O) groups excluding carboxylic acids is 2. The number of rotatable bonds is 9. The number of aromatic nitrogens is 2. The van der Waals surface area contributed by atoms with Crippen LogP contribution in [0.2, 0.25) is 0 Å². The zero-order valence-corrected chi connectivity index (χ0v) is 19.1. The fraction of sp³-hybridized carbons (Fsp3) is 0.818. The number of nitrogens with zero attached hydrogens (tertiary/aromatic N) is 3. The Morgan fingerprint density at radius 2 is 1.90 bits per heavy atom. The molecule has 1 saturated carbocycles. The van der Waals surface area contributed by atoms with Crippen LogP contribution in [0, 0.1) is 10.8 Å². The molecule has 0 bridgehead atoms. The van der Waals surface area contributed by atoms with E-state index in [0.29, 0.717) is 23.6 Å². The normalized spacial score (nSPS) is 17.4. The van der Waals surface area contributed by atoms with Gasteiger partial charge in [0.25, 0.3) is 0 Å². The fourth-order valence-electron chi connectivity index (χ4n) is 4.62. The lowest BCUT2D eigenvalue weighted by molar-refractivity contribution is -0.306. The van der Waals surface area contributed by atoms with Crippen molar-refractivity contribution in [3.63, 3.8) is 0 Å². The molecule has 170 valence electrons. The summed E-state index contributed by atoms with van der Waals surface area (Å²) in [4.78, 5) is 28.7. The highest BCUT2D eigenvalue weighted by molar-refractivity contribution is 5.73. The summed E-state index contributed by atoms with van der Waals surface area (Å²) in [5, 5.41) is 17.9. The van der Waals surface area contributed by atoms with Crippen LogP contribution >= 0.6 is 0 Å². The Hall–Kier alpha value is -2.12. The molecule has 1 unspecified atom stereocenters. The van der Waals surface area contributed by atoms with Gasteiger partial charge in [0.15, 0.2) is 5.82 Å². The summed E-state index contributed by atoms with van der Waals surface area (Å²) in [6, 6.07) is -0.257. The SMILES string of the molecule is CN(C)C(=O)NCc1noc(C(CCCC2(C(C)(C)C)CCCCC2)CC(=O)[O-])n1. The molecule has 0 aromatic carbocycles. The van der Waals surface area contributed by atoms with Crippen LogP contribution in [0.25, 0.3) is 0 Å². The van der Waals surface area contributed by atoms with Gasteiger partial charge >= 0.3 is 6.03 Å². The van der Waals surface area contributed by atoms with Gasteiger partial charge in [0.2, 0.25) is 5.89 Å². The van der Waals surface area contributed by atoms with Crippen molar-refractivity contribution in [3.05, 3.63) is 11.7 Å². The third-order valence-electron chi connectivity index (χ3n) is 6.66. The number of urea groups is 1. The number of carboxylic acids is 1. The van der Waals surface area contributed by atoms with Crippen molar-refractivity contribution in [3.8, 4) is 0 Å². The maximum absolute atomic E-state index is 11.6. The molecule has 1 atom stereocenters. The van der Waals surface area contributed by atoms with E-state index in [1.807, 2.05) is 0 Å². The van der Waals surface area contributed by atoms with E-state index in [-0.39, 0.29) is 30.3 Å². The summed E-state index contributed by atoms with van der Waals surface area (Å²) in [5.41, 5.74) is 0.521. The molecule has 0 aliphatic heterocycles. The second kappa shape index (κ2) is 10.3. The highest BCUT2D eigenvalue weighted by atomic mass is 16.5. The first-order valence-electron chi connectivity index (χ1n) is 11.0. The molecule has 0 radical (unpaired) electrons. The van der Waals surface area contributed by atoms with Crippen molar-refractivity contribution in [2.75, 3.05) is 14.1 Å². The number of amides is 2. The largest absolute Gasteiger partial charge is 0.550 e. The minimum absolute atomic E-state index is 0.131. The van der Waals surface area contributed by atoms with Gasteiger partial charge in [-0.05, 0) is 42.9 Å². The Bertz CT molecular complexity index is 702. The van der Waals surface area contributed by atoms with E-state index in [1.54, 1.807) is 14.1 Å². The van der Waals surface area contributed by atoms with E-state index in [2.05, 4.69) is 36.2 Å². The van der Waals surface area contributed by atoms with E-state index < -0.39 is 5.97 Å². The maximum atomic E-state index is 11.6. The molecule has 8 nitrogen and oxygen atoms in total. The minimum Gasteiger partial charge on any atom is -0.550 e. The van der Waals surface area contributed by atoms with Crippen molar-refractivity contribution in [1.82, 2.24) is 20.4 Å². The number of aliphatic carboxylic acids is 1. The predicted octanol–water partition coefficient (Wildman–Crippen LogP) is 3.23. The lowest BCUT2D eigenvalue weighted by atomic mass is 9.57. The molecule has 1 aliphatic carbocycles. The van der Waals surface area contributed by atoms with E-state index in [9.17, 15) is 14.7 Å². The van der Waals surface area contributed by atoms with Gasteiger partial charge < -0.3 is 24.6 Å². The van der Waals surface area contributed by atoms with Crippen LogP contribution < -0.4 is 10.4 Å². The minimum atomic E-state index is -1.12. The molecule has 1 N–H and O–H groups in total. The van der Waals surface area contributed by atoms with Gasteiger partial charge in [-0.1, -0.05) is 51.6 Å². The van der Waals surface area contributed by atoms with Crippen LogP contribution in [0.5, 0.6) is 0 Å². The van der Waals surface area contributed by atoms with Gasteiger partial charge in [-0.15, -0.1) is 0 Å². The van der Waals surface area contributed by atoms with E-state index >= 15 is 0 Å². The summed E-state index contributed by atoms with van der Waals surface area (Å²) >= 11 is 0. The zero-order valence-electron chi connectivity index (χ0n) is 19.1. The van der Waals surface area contributed by atoms with Crippen LogP contribution in [0.4, 0.5) is 4.79 Å². The van der Waals surface area contributed by atoms with Crippen molar-refractivity contribution >= 4 is 12.0 Å². The Morgan fingerprint density at radius 3 is 2.47 bits per heavy atom. The van der Waals surface area contributed by atoms with Gasteiger partial charge in [-0.2, -0.15) is 4.98 Å². The maximum Gasteiger partial charge on any atom is 0.317 e. The first kappa shape index (κ1) is 24.2. The van der Waals surface area contributed by atoms with Crippen LogP contribution in [0.1, 0.15) is 96.2 Å². The van der Waals surface area contributed by atoms with Gasteiger partial charge in [0, 0.05) is 26.0 Å². The monoisotopic (exact) mass is 421 g/mol. The smallest absolute Gasteiger partial charge is 0.317 e. The van der Waals surface area contributed by atoms with Crippen LogP contribution in [0.3, 0.4) is 0 Å². The second-order valence-corrected chi connectivity index (χ2v) is 9.86. The summed E-state index contributed by atoms with van der Waals surface area (Å²) in [5.74, 6) is -0.853. The van der Waals surface area contributed by atoms with Crippen molar-refractivity contribution in [2.45, 2.75) is 91.0 Å². The Labute approximate surface area is 179 Å². The van der Waals surface area contributed by atoms with Crippen LogP contribution in [-0.2, 0) is 11.3 Å². The molecule has 1 aromatic rings. The Morgan fingerprint density at radius 1 is 1.23 bits per heavy atom. The third kappa shape index (κ3) is 6.44. The molecule has 1 aromatic heterocycles. The van der Waals surface area contributed by atoms with E-state index in [4.69, 9.17) is 4.52 Å². The molecule has 0 spiro atoms. The first-order chi connectivity index (χ1) is 14.0. The van der Waals surface area contributed by atoms with Gasteiger partial charge in [-0.25, -0.2) is 4.79 Å². The standard InChI is InChI=1S/C22H38N4O4/c1-21(2,3)22(11-7-6-8-12-22)13-9-10-16(14-18(27)28)19-24-17(25-30-19)15-23-20(29)26(4)5/h16H,6-15H2,1-5H3,(H,23,29)(H,27,28)/p-1. The van der Waals surface area contributed by atoms with Gasteiger partial charge in [-0.3, -0.25) is 0 Å². The molecule has 2 amide bonds. The molecule has 0 saturated heterocycles. The lowest BCUT2D eigenvalue weighted by Crippen LogP contribution is -2.37. The number of carboxylic acid groups (broad SMARTS) is 1. The average Bonchev–Trinajstić information content (AvgIpc) is 3.13. The molecule has 1 heterocycles. The average molecular weight is 422 g/mol. The fourth-order valence-corrected chi connectivity index (χ4v) is 4.62.